The van der Waals surface area contributed by atoms with Gasteiger partial charge in [-0.05, 0) is 37.0 Å². The van der Waals surface area contributed by atoms with Crippen LogP contribution in [0, 0.1) is 11.3 Å². The van der Waals surface area contributed by atoms with Crippen LogP contribution in [0.25, 0.3) is 0 Å². The first-order valence-corrected chi connectivity index (χ1v) is 11.1. The number of carboxylic acid groups (broad SMARTS) is 1. The van der Waals surface area contributed by atoms with Crippen LogP contribution in [0.15, 0.2) is 10.6 Å². The molecule has 3 heterocycles. The first kappa shape index (κ1) is 21.2. The third-order valence-corrected chi connectivity index (χ3v) is 7.03. The highest BCUT2D eigenvalue weighted by Gasteiger charge is 2.43. The van der Waals surface area contributed by atoms with Gasteiger partial charge in [-0.15, -0.1) is 0 Å². The van der Waals surface area contributed by atoms with E-state index in [-0.39, 0.29) is 23.4 Å². The Hall–Kier alpha value is -2.09. The third-order valence-electron chi connectivity index (χ3n) is 7.03. The third kappa shape index (κ3) is 4.33. The second-order valence-corrected chi connectivity index (χ2v) is 10.4. The Kier molecular flexibility index (Phi) is 5.55. The monoisotopic (exact) mass is 418 g/mol. The Morgan fingerprint density at radius 2 is 1.97 bits per heavy atom. The second-order valence-electron chi connectivity index (χ2n) is 10.4. The topological polar surface area (TPSA) is 98.9 Å². The van der Waals surface area contributed by atoms with E-state index in [0.717, 1.165) is 44.5 Å². The number of amides is 2. The van der Waals surface area contributed by atoms with Crippen molar-refractivity contribution in [2.24, 2.45) is 11.3 Å². The van der Waals surface area contributed by atoms with E-state index in [2.05, 4.69) is 43.1 Å². The number of piperidine rings is 1. The van der Waals surface area contributed by atoms with E-state index in [1.54, 1.807) is 11.0 Å². The number of hydrogen-bond donors (Lipinski definition) is 2. The fourth-order valence-electron chi connectivity index (χ4n) is 5.02. The molecule has 1 aromatic rings. The van der Waals surface area contributed by atoms with E-state index in [0.29, 0.717) is 30.1 Å². The molecule has 2 aliphatic heterocycles. The molecule has 166 valence electrons. The van der Waals surface area contributed by atoms with Crippen LogP contribution in [0.3, 0.4) is 0 Å². The van der Waals surface area contributed by atoms with Crippen molar-refractivity contribution in [1.82, 2.24) is 20.3 Å². The molecule has 2 saturated heterocycles. The van der Waals surface area contributed by atoms with Gasteiger partial charge in [0.1, 0.15) is 5.76 Å². The molecule has 2 N–H and O–H groups in total. The maximum Gasteiger partial charge on any atom is 0.407 e. The summed E-state index contributed by atoms with van der Waals surface area (Å²) in [6.07, 6.45) is 3.06. The number of hydrogen-bond acceptors (Lipinski definition) is 5. The zero-order valence-electron chi connectivity index (χ0n) is 18.4. The molecular formula is C22H34N4O4. The van der Waals surface area contributed by atoms with Crippen molar-refractivity contribution in [3.63, 3.8) is 0 Å². The molecular weight excluding hydrogens is 384 g/mol. The van der Waals surface area contributed by atoms with Crippen molar-refractivity contribution in [2.45, 2.75) is 77.4 Å². The minimum atomic E-state index is -0.827. The van der Waals surface area contributed by atoms with Crippen LogP contribution in [0.4, 0.5) is 4.79 Å². The molecule has 0 radical (unpaired) electrons. The van der Waals surface area contributed by atoms with Gasteiger partial charge in [0.25, 0.3) is 5.91 Å². The molecule has 1 aromatic heterocycles. The number of aromatic nitrogens is 1. The summed E-state index contributed by atoms with van der Waals surface area (Å²) in [6, 6.07) is 2.17. The van der Waals surface area contributed by atoms with Crippen LogP contribution in [0.2, 0.25) is 0 Å². The molecule has 30 heavy (non-hydrogen) atoms. The average Bonchev–Trinajstić information content (AvgIpc) is 3.29. The summed E-state index contributed by atoms with van der Waals surface area (Å²) in [6.45, 7) is 10.8. The second kappa shape index (κ2) is 7.87. The van der Waals surface area contributed by atoms with Crippen LogP contribution in [-0.4, -0.2) is 69.8 Å². The van der Waals surface area contributed by atoms with Crippen LogP contribution >= 0.6 is 0 Å². The van der Waals surface area contributed by atoms with E-state index < -0.39 is 6.09 Å². The summed E-state index contributed by atoms with van der Waals surface area (Å²) in [5, 5.41) is 16.7. The van der Waals surface area contributed by atoms with Gasteiger partial charge in [-0.25, -0.2) is 4.79 Å². The number of rotatable bonds is 4. The van der Waals surface area contributed by atoms with Crippen LogP contribution in [0.5, 0.6) is 0 Å². The largest absolute Gasteiger partial charge is 0.465 e. The molecule has 8 heteroatoms. The number of carbonyl (C=O) groups is 2. The van der Waals surface area contributed by atoms with Gasteiger partial charge >= 0.3 is 6.09 Å². The minimum absolute atomic E-state index is 0.00586. The van der Waals surface area contributed by atoms with E-state index in [1.165, 1.54) is 0 Å². The Balaban J connectivity index is 1.37. The summed E-state index contributed by atoms with van der Waals surface area (Å²) in [7, 11) is 0. The summed E-state index contributed by atoms with van der Waals surface area (Å²) >= 11 is 0. The first-order valence-electron chi connectivity index (χ1n) is 11.1. The molecule has 0 bridgehead atoms. The summed E-state index contributed by atoms with van der Waals surface area (Å²) in [5.74, 6) is 1.42. The maximum absolute atomic E-state index is 12.7. The van der Waals surface area contributed by atoms with Gasteiger partial charge in [0.15, 0.2) is 5.69 Å². The van der Waals surface area contributed by atoms with E-state index in [4.69, 9.17) is 4.52 Å². The average molecular weight is 419 g/mol. The standard InChI is InChI=1S/C22H34N4O4/c1-13-11-25(15-7-8-26(21(28)29)19(9-15)22(2,3)4)12-17(13)23-20(27)16-10-18(30-24-16)14-5-6-14/h10,13-15,17,19H,5-9,11-12H2,1-4H3,(H,23,27)(H,28,29)/t13?,15-,17?,19+/m1/s1. The molecule has 1 aliphatic carbocycles. The van der Waals surface area contributed by atoms with E-state index in [9.17, 15) is 14.7 Å². The van der Waals surface area contributed by atoms with E-state index >= 15 is 0 Å². The van der Waals surface area contributed by atoms with E-state index in [1.807, 2.05) is 0 Å². The number of carbonyl (C=O) groups excluding carboxylic acids is 1. The van der Waals surface area contributed by atoms with Gasteiger partial charge in [-0.2, -0.15) is 0 Å². The molecule has 1 saturated carbocycles. The minimum Gasteiger partial charge on any atom is -0.465 e. The lowest BCUT2D eigenvalue weighted by molar-refractivity contribution is 0.0244. The highest BCUT2D eigenvalue weighted by atomic mass is 16.5. The first-order chi connectivity index (χ1) is 14.1. The maximum atomic E-state index is 12.7. The Morgan fingerprint density at radius 1 is 1.23 bits per heavy atom. The Morgan fingerprint density at radius 3 is 2.60 bits per heavy atom. The van der Waals surface area contributed by atoms with Crippen molar-refractivity contribution in [3.05, 3.63) is 17.5 Å². The summed E-state index contributed by atoms with van der Waals surface area (Å²) in [5.41, 5.74) is 0.257. The molecule has 8 nitrogen and oxygen atoms in total. The molecule has 0 spiro atoms. The van der Waals surface area contributed by atoms with Gasteiger partial charge in [-0.3, -0.25) is 9.69 Å². The number of nitrogens with one attached hydrogen (secondary N) is 1. The quantitative estimate of drug-likeness (QED) is 0.779. The lowest BCUT2D eigenvalue weighted by Crippen LogP contribution is -2.56. The number of likely N-dealkylation sites (tertiary alicyclic amines) is 2. The van der Waals surface area contributed by atoms with Crippen molar-refractivity contribution in [3.8, 4) is 0 Å². The summed E-state index contributed by atoms with van der Waals surface area (Å²) in [4.78, 5) is 28.4. The fourth-order valence-corrected chi connectivity index (χ4v) is 5.02. The molecule has 2 unspecified atom stereocenters. The van der Waals surface area contributed by atoms with Crippen molar-refractivity contribution >= 4 is 12.0 Å². The summed E-state index contributed by atoms with van der Waals surface area (Å²) < 4.78 is 5.32. The van der Waals surface area contributed by atoms with Crippen molar-refractivity contribution in [1.29, 1.82) is 0 Å². The Bertz CT molecular complexity index is 797. The van der Waals surface area contributed by atoms with Gasteiger partial charge < -0.3 is 19.8 Å². The van der Waals surface area contributed by atoms with Crippen LogP contribution < -0.4 is 5.32 Å². The normalized spacial score (nSPS) is 30.5. The van der Waals surface area contributed by atoms with Crippen molar-refractivity contribution in [2.75, 3.05) is 19.6 Å². The zero-order chi connectivity index (χ0) is 21.6. The van der Waals surface area contributed by atoms with Crippen molar-refractivity contribution < 1.29 is 19.2 Å². The lowest BCUT2D eigenvalue weighted by Gasteiger charge is -2.46. The SMILES string of the molecule is CC1CN([C@@H]2CCN(C(=O)O)[C@H](C(C)(C)C)C2)CC1NC(=O)c1cc(C2CC2)on1. The molecule has 2 amide bonds. The fraction of sp³-hybridized carbons (Fsp3) is 0.773. The van der Waals surface area contributed by atoms with Crippen LogP contribution in [-0.2, 0) is 0 Å². The number of nitrogens with zero attached hydrogens (tertiary/aromatic N) is 3. The zero-order valence-corrected chi connectivity index (χ0v) is 18.4. The van der Waals surface area contributed by atoms with Gasteiger partial charge in [-0.1, -0.05) is 32.9 Å². The smallest absolute Gasteiger partial charge is 0.407 e. The molecule has 0 aromatic carbocycles. The lowest BCUT2D eigenvalue weighted by atomic mass is 9.79. The predicted octanol–water partition coefficient (Wildman–Crippen LogP) is 3.16. The van der Waals surface area contributed by atoms with Gasteiger partial charge in [0, 0.05) is 49.7 Å². The predicted molar refractivity (Wildman–Crippen MR) is 111 cm³/mol. The van der Waals surface area contributed by atoms with Gasteiger partial charge in [0.05, 0.1) is 0 Å². The van der Waals surface area contributed by atoms with Crippen LogP contribution in [0.1, 0.15) is 75.5 Å². The van der Waals surface area contributed by atoms with Gasteiger partial charge in [0.2, 0.25) is 0 Å². The molecule has 4 rings (SSSR count). The Labute approximate surface area is 177 Å². The highest BCUT2D eigenvalue weighted by Crippen LogP contribution is 2.40. The highest BCUT2D eigenvalue weighted by molar-refractivity contribution is 5.92. The molecule has 4 atom stereocenters. The molecule has 3 fully saturated rings. The molecule has 3 aliphatic rings.